The molecule has 0 bridgehead atoms. The van der Waals surface area contributed by atoms with Crippen molar-refractivity contribution in [1.82, 2.24) is 5.32 Å². The lowest BCUT2D eigenvalue weighted by Gasteiger charge is -2.31. The molecule has 1 aliphatic carbocycles. The maximum absolute atomic E-state index is 11.7. The fourth-order valence-corrected chi connectivity index (χ4v) is 2.11. The third-order valence-electron chi connectivity index (χ3n) is 2.91. The molecular weight excluding hydrogens is 232 g/mol. The zero-order chi connectivity index (χ0) is 13.8. The molecule has 0 heterocycles. The largest absolute Gasteiger partial charge is 0.444 e. The lowest BCUT2D eigenvalue weighted by molar-refractivity contribution is 0.0483. The fraction of sp³-hybridized carbons (Fsp3) is 0.846. The molecule has 5 nitrogen and oxygen atoms in total. The zero-order valence-corrected chi connectivity index (χ0v) is 11.9. The predicted octanol–water partition coefficient (Wildman–Crippen LogP) is 2.70. The van der Waals surface area contributed by atoms with Crippen LogP contribution in [0.2, 0.25) is 0 Å². The van der Waals surface area contributed by atoms with E-state index >= 15 is 0 Å². The van der Waals surface area contributed by atoms with Gasteiger partial charge in [-0.2, -0.15) is 0 Å². The van der Waals surface area contributed by atoms with Gasteiger partial charge in [0.2, 0.25) is 0 Å². The first-order valence-corrected chi connectivity index (χ1v) is 6.40. The number of nitrogens with one attached hydrogen (secondary N) is 1. The molecule has 1 aliphatic rings. The summed E-state index contributed by atoms with van der Waals surface area (Å²) in [6.07, 6.45) is 2.25. The Morgan fingerprint density at radius 1 is 1.44 bits per heavy atom. The molecule has 104 valence electrons. The Labute approximate surface area is 109 Å². The summed E-state index contributed by atoms with van der Waals surface area (Å²) in [5, 5.41) is 6.91. The van der Waals surface area contributed by atoms with E-state index in [2.05, 4.69) is 17.4 Å². The van der Waals surface area contributed by atoms with Crippen LogP contribution in [-0.2, 0) is 9.57 Å². The third-order valence-corrected chi connectivity index (χ3v) is 2.91. The Hall–Kier alpha value is -1.26. The van der Waals surface area contributed by atoms with Gasteiger partial charge in [-0.3, -0.25) is 0 Å². The number of carbonyl (C=O) groups excluding carboxylic acids is 1. The second kappa shape index (κ2) is 6.07. The van der Waals surface area contributed by atoms with Crippen molar-refractivity contribution < 1.29 is 14.4 Å². The van der Waals surface area contributed by atoms with Crippen LogP contribution in [0.5, 0.6) is 0 Å². The fourth-order valence-electron chi connectivity index (χ4n) is 2.11. The maximum Gasteiger partial charge on any atom is 0.407 e. The number of nitrogens with zero attached hydrogens (tertiary/aromatic N) is 1. The van der Waals surface area contributed by atoms with Crippen molar-refractivity contribution >= 4 is 11.8 Å². The Kier molecular flexibility index (Phi) is 4.99. The number of alkyl carbamates (subject to hydrolysis) is 1. The molecule has 1 amide bonds. The highest BCUT2D eigenvalue weighted by Crippen LogP contribution is 2.23. The molecule has 0 saturated heterocycles. The minimum atomic E-state index is -0.454. The van der Waals surface area contributed by atoms with Crippen LogP contribution < -0.4 is 5.32 Å². The summed E-state index contributed by atoms with van der Waals surface area (Å²) < 4.78 is 5.26. The van der Waals surface area contributed by atoms with E-state index in [1.54, 1.807) is 7.11 Å². The van der Waals surface area contributed by atoms with Crippen molar-refractivity contribution in [2.75, 3.05) is 7.11 Å². The average Bonchev–Trinajstić information content (AvgIpc) is 2.20. The minimum Gasteiger partial charge on any atom is -0.444 e. The quantitative estimate of drug-likeness (QED) is 0.773. The van der Waals surface area contributed by atoms with Gasteiger partial charge in [0.15, 0.2) is 0 Å². The Morgan fingerprint density at radius 3 is 2.61 bits per heavy atom. The monoisotopic (exact) mass is 256 g/mol. The van der Waals surface area contributed by atoms with Gasteiger partial charge >= 0.3 is 6.09 Å². The molecule has 0 spiro atoms. The minimum absolute atomic E-state index is 0.149. The Bertz CT molecular complexity index is 321. The van der Waals surface area contributed by atoms with Gasteiger partial charge in [-0.05, 0) is 46.0 Å². The number of carbonyl (C=O) groups is 1. The second-order valence-corrected chi connectivity index (χ2v) is 5.81. The summed E-state index contributed by atoms with van der Waals surface area (Å²) >= 11 is 0. The molecule has 0 aromatic carbocycles. The zero-order valence-electron chi connectivity index (χ0n) is 11.9. The van der Waals surface area contributed by atoms with Gasteiger partial charge in [0.05, 0.1) is 5.71 Å². The first-order valence-electron chi connectivity index (χ1n) is 6.40. The van der Waals surface area contributed by atoms with Gasteiger partial charge in [0.1, 0.15) is 12.7 Å². The smallest absolute Gasteiger partial charge is 0.407 e. The van der Waals surface area contributed by atoms with E-state index < -0.39 is 5.60 Å². The highest BCUT2D eigenvalue weighted by molar-refractivity contribution is 5.85. The summed E-state index contributed by atoms with van der Waals surface area (Å²) in [5.74, 6) is 0.347. The number of rotatable bonds is 2. The molecule has 2 atom stereocenters. The number of hydrogen-bond acceptors (Lipinski definition) is 4. The average molecular weight is 256 g/mol. The second-order valence-electron chi connectivity index (χ2n) is 5.81. The molecule has 1 saturated carbocycles. The first-order chi connectivity index (χ1) is 8.31. The van der Waals surface area contributed by atoms with Gasteiger partial charge in [0.25, 0.3) is 0 Å². The SMILES string of the molecule is CO/N=C1/CCC(NC(=O)OC(C)(C)C)[C@H](C)C1. The van der Waals surface area contributed by atoms with Crippen LogP contribution in [0.4, 0.5) is 4.79 Å². The molecular formula is C13H24N2O3. The van der Waals surface area contributed by atoms with E-state index in [0.29, 0.717) is 5.92 Å². The molecule has 1 fully saturated rings. The highest BCUT2D eigenvalue weighted by atomic mass is 16.6. The van der Waals surface area contributed by atoms with Crippen LogP contribution in [0, 0.1) is 5.92 Å². The number of oxime groups is 1. The summed E-state index contributed by atoms with van der Waals surface area (Å²) in [7, 11) is 1.56. The van der Waals surface area contributed by atoms with Crippen molar-refractivity contribution in [2.24, 2.45) is 11.1 Å². The lowest BCUT2D eigenvalue weighted by atomic mass is 9.85. The predicted molar refractivity (Wildman–Crippen MR) is 70.6 cm³/mol. The standard InChI is InChI=1S/C13H24N2O3/c1-9-8-10(15-17-5)6-7-11(9)14-12(16)18-13(2,3)4/h9,11H,6-8H2,1-5H3,(H,14,16)/b15-10-/t9-,11?/m1/s1. The Morgan fingerprint density at radius 2 is 2.11 bits per heavy atom. The van der Waals surface area contributed by atoms with Crippen LogP contribution in [-0.4, -0.2) is 30.6 Å². The third kappa shape index (κ3) is 4.94. The van der Waals surface area contributed by atoms with Gasteiger partial charge in [0, 0.05) is 6.04 Å². The van der Waals surface area contributed by atoms with E-state index in [9.17, 15) is 4.79 Å². The molecule has 18 heavy (non-hydrogen) atoms. The molecule has 1 rings (SSSR count). The number of ether oxygens (including phenoxy) is 1. The van der Waals surface area contributed by atoms with Crippen LogP contribution >= 0.6 is 0 Å². The molecule has 1 unspecified atom stereocenters. The molecule has 0 radical (unpaired) electrons. The van der Waals surface area contributed by atoms with E-state index in [1.807, 2.05) is 20.8 Å². The maximum atomic E-state index is 11.7. The van der Waals surface area contributed by atoms with Crippen LogP contribution in [0.15, 0.2) is 5.16 Å². The van der Waals surface area contributed by atoms with E-state index in [-0.39, 0.29) is 12.1 Å². The number of hydrogen-bond donors (Lipinski definition) is 1. The van der Waals surface area contributed by atoms with Crippen molar-refractivity contribution in [3.8, 4) is 0 Å². The van der Waals surface area contributed by atoms with E-state index in [1.165, 1.54) is 0 Å². The van der Waals surface area contributed by atoms with Crippen molar-refractivity contribution in [1.29, 1.82) is 0 Å². The van der Waals surface area contributed by atoms with Crippen LogP contribution in [0.25, 0.3) is 0 Å². The topological polar surface area (TPSA) is 59.9 Å². The lowest BCUT2D eigenvalue weighted by Crippen LogP contribution is -2.45. The van der Waals surface area contributed by atoms with Gasteiger partial charge < -0.3 is 14.9 Å². The molecule has 0 aromatic rings. The highest BCUT2D eigenvalue weighted by Gasteiger charge is 2.28. The van der Waals surface area contributed by atoms with Crippen LogP contribution in [0.3, 0.4) is 0 Å². The Balaban J connectivity index is 2.45. The molecule has 1 N–H and O–H groups in total. The summed E-state index contributed by atoms with van der Waals surface area (Å²) in [6.45, 7) is 7.69. The van der Waals surface area contributed by atoms with E-state index in [4.69, 9.17) is 9.57 Å². The molecule has 0 aromatic heterocycles. The molecule has 5 heteroatoms. The van der Waals surface area contributed by atoms with Crippen molar-refractivity contribution in [3.05, 3.63) is 0 Å². The van der Waals surface area contributed by atoms with Crippen molar-refractivity contribution in [3.63, 3.8) is 0 Å². The number of amides is 1. The van der Waals surface area contributed by atoms with Crippen LogP contribution in [0.1, 0.15) is 47.0 Å². The van der Waals surface area contributed by atoms with Gasteiger partial charge in [-0.25, -0.2) is 4.79 Å². The summed E-state index contributed by atoms with van der Waals surface area (Å²) in [6, 6.07) is 0.149. The van der Waals surface area contributed by atoms with Gasteiger partial charge in [-0.1, -0.05) is 12.1 Å². The summed E-state index contributed by atoms with van der Waals surface area (Å²) in [5.41, 5.74) is 0.609. The first kappa shape index (κ1) is 14.8. The van der Waals surface area contributed by atoms with Crippen molar-refractivity contribution in [2.45, 2.75) is 58.6 Å². The van der Waals surface area contributed by atoms with E-state index in [0.717, 1.165) is 25.0 Å². The summed E-state index contributed by atoms with van der Waals surface area (Å²) in [4.78, 5) is 16.5. The normalized spacial score (nSPS) is 26.8. The molecule has 0 aliphatic heterocycles. The van der Waals surface area contributed by atoms with Gasteiger partial charge in [-0.15, -0.1) is 0 Å².